The van der Waals surface area contributed by atoms with Gasteiger partial charge in [-0.15, -0.1) is 0 Å². The fourth-order valence-electron chi connectivity index (χ4n) is 2.28. The number of aromatic nitrogens is 1. The van der Waals surface area contributed by atoms with Crippen LogP contribution in [0.4, 0.5) is 5.69 Å². The molecule has 0 bridgehead atoms. The van der Waals surface area contributed by atoms with Crippen molar-refractivity contribution < 1.29 is 28.5 Å². The van der Waals surface area contributed by atoms with E-state index in [1.54, 1.807) is 0 Å². The SMILES string of the molecule is CCCCCC[n+]1cccc(N(C)C)c1CC.[I-]. The first-order valence-electron chi connectivity index (χ1n) is 6.89. The summed E-state index contributed by atoms with van der Waals surface area (Å²) in [5.74, 6) is 0. The summed E-state index contributed by atoms with van der Waals surface area (Å²) < 4.78 is 2.42. The van der Waals surface area contributed by atoms with E-state index < -0.39 is 0 Å². The first-order valence-corrected chi connectivity index (χ1v) is 6.89. The third kappa shape index (κ3) is 5.12. The minimum Gasteiger partial charge on any atom is -1.00 e. The highest BCUT2D eigenvalue weighted by Gasteiger charge is 2.14. The Morgan fingerprint density at radius 1 is 1.11 bits per heavy atom. The van der Waals surface area contributed by atoms with Gasteiger partial charge in [0.25, 0.3) is 0 Å². The second kappa shape index (κ2) is 9.59. The lowest BCUT2D eigenvalue weighted by atomic mass is 10.2. The Kier molecular flexibility index (Phi) is 9.42. The summed E-state index contributed by atoms with van der Waals surface area (Å²) in [6.45, 7) is 5.66. The molecule has 0 N–H and O–H groups in total. The predicted octanol–water partition coefficient (Wildman–Crippen LogP) is 0.187. The summed E-state index contributed by atoms with van der Waals surface area (Å²) in [6.07, 6.45) is 8.62. The number of hydrogen-bond acceptors (Lipinski definition) is 1. The number of hydrogen-bond donors (Lipinski definition) is 0. The van der Waals surface area contributed by atoms with Crippen LogP contribution < -0.4 is 33.4 Å². The Hall–Kier alpha value is -0.320. The quantitative estimate of drug-likeness (QED) is 0.382. The van der Waals surface area contributed by atoms with Gasteiger partial charge in [-0.3, -0.25) is 0 Å². The summed E-state index contributed by atoms with van der Waals surface area (Å²) >= 11 is 0. The fourth-order valence-corrected chi connectivity index (χ4v) is 2.28. The van der Waals surface area contributed by atoms with Crippen molar-refractivity contribution >= 4 is 5.69 Å². The van der Waals surface area contributed by atoms with Gasteiger partial charge in [0.15, 0.2) is 6.20 Å². The first-order chi connectivity index (χ1) is 8.20. The molecule has 0 atom stereocenters. The van der Waals surface area contributed by atoms with Crippen molar-refractivity contribution in [3.05, 3.63) is 24.0 Å². The molecule has 3 heteroatoms. The lowest BCUT2D eigenvalue weighted by molar-refractivity contribution is -0.703. The minimum atomic E-state index is 0. The number of rotatable bonds is 7. The second-order valence-electron chi connectivity index (χ2n) is 4.84. The van der Waals surface area contributed by atoms with E-state index in [0.29, 0.717) is 0 Å². The van der Waals surface area contributed by atoms with Crippen LogP contribution in [0.25, 0.3) is 0 Å². The molecule has 0 radical (unpaired) electrons. The van der Waals surface area contributed by atoms with Crippen LogP contribution in [0.15, 0.2) is 18.3 Å². The summed E-state index contributed by atoms with van der Waals surface area (Å²) in [5.41, 5.74) is 2.81. The maximum atomic E-state index is 2.42. The number of pyridine rings is 1. The van der Waals surface area contributed by atoms with Crippen molar-refractivity contribution in [3.63, 3.8) is 0 Å². The van der Waals surface area contributed by atoms with Crippen LogP contribution in [0.5, 0.6) is 0 Å². The lowest BCUT2D eigenvalue weighted by Gasteiger charge is -2.15. The van der Waals surface area contributed by atoms with Crippen LogP contribution in [-0.2, 0) is 13.0 Å². The van der Waals surface area contributed by atoms with Crippen molar-refractivity contribution in [3.8, 4) is 0 Å². The van der Waals surface area contributed by atoms with Crippen LogP contribution in [0, 0.1) is 0 Å². The molecule has 1 aromatic heterocycles. The standard InChI is InChI=1S/C15H27N2.HI/c1-5-7-8-9-12-17-13-10-11-15(16(3)4)14(17)6-2;/h10-11,13H,5-9,12H2,1-4H3;1H/q+1;/p-1. The molecule has 0 saturated carbocycles. The normalized spacial score (nSPS) is 10.0. The van der Waals surface area contributed by atoms with Crippen molar-refractivity contribution in [2.24, 2.45) is 0 Å². The van der Waals surface area contributed by atoms with Gasteiger partial charge in [0.05, 0.1) is 0 Å². The van der Waals surface area contributed by atoms with Gasteiger partial charge < -0.3 is 28.9 Å². The van der Waals surface area contributed by atoms with Crippen molar-refractivity contribution in [2.75, 3.05) is 19.0 Å². The maximum Gasteiger partial charge on any atom is 0.204 e. The van der Waals surface area contributed by atoms with Gasteiger partial charge in [0.1, 0.15) is 12.2 Å². The van der Waals surface area contributed by atoms with Gasteiger partial charge in [0.2, 0.25) is 5.69 Å². The largest absolute Gasteiger partial charge is 1.00 e. The summed E-state index contributed by atoms with van der Waals surface area (Å²) in [4.78, 5) is 2.21. The Morgan fingerprint density at radius 3 is 2.39 bits per heavy atom. The minimum absolute atomic E-state index is 0. The number of nitrogens with zero attached hydrogens (tertiary/aromatic N) is 2. The molecule has 2 nitrogen and oxygen atoms in total. The molecular weight excluding hydrogens is 335 g/mol. The number of aryl methyl sites for hydroxylation is 1. The average Bonchev–Trinajstić information content (AvgIpc) is 2.34. The topological polar surface area (TPSA) is 7.12 Å². The zero-order valence-electron chi connectivity index (χ0n) is 12.2. The molecule has 0 amide bonds. The Balaban J connectivity index is 0.00000289. The highest BCUT2D eigenvalue weighted by molar-refractivity contribution is 5.46. The predicted molar refractivity (Wildman–Crippen MR) is 74.5 cm³/mol. The monoisotopic (exact) mass is 362 g/mol. The van der Waals surface area contributed by atoms with Gasteiger partial charge in [-0.25, -0.2) is 4.57 Å². The van der Waals surface area contributed by atoms with Gasteiger partial charge in [0, 0.05) is 33.0 Å². The van der Waals surface area contributed by atoms with Crippen LogP contribution in [-0.4, -0.2) is 14.1 Å². The summed E-state index contributed by atoms with van der Waals surface area (Å²) in [7, 11) is 4.24. The number of unbranched alkanes of at least 4 members (excludes halogenated alkanes) is 3. The van der Waals surface area contributed by atoms with Gasteiger partial charge in [-0.1, -0.05) is 26.7 Å². The molecule has 0 unspecified atom stereocenters. The molecule has 1 heterocycles. The zero-order valence-corrected chi connectivity index (χ0v) is 14.4. The Bertz CT molecular complexity index is 337. The zero-order chi connectivity index (χ0) is 12.7. The molecule has 0 saturated heterocycles. The van der Waals surface area contributed by atoms with E-state index in [9.17, 15) is 0 Å². The van der Waals surface area contributed by atoms with E-state index in [1.807, 2.05) is 0 Å². The first kappa shape index (κ1) is 17.7. The highest BCUT2D eigenvalue weighted by Crippen LogP contribution is 2.14. The van der Waals surface area contributed by atoms with Crippen LogP contribution in [0.1, 0.15) is 45.2 Å². The maximum absolute atomic E-state index is 2.42. The third-order valence-electron chi connectivity index (χ3n) is 3.23. The molecule has 18 heavy (non-hydrogen) atoms. The van der Waals surface area contributed by atoms with Crippen LogP contribution in [0.3, 0.4) is 0 Å². The van der Waals surface area contributed by atoms with Crippen LogP contribution >= 0.6 is 0 Å². The van der Waals surface area contributed by atoms with E-state index >= 15 is 0 Å². The van der Waals surface area contributed by atoms with E-state index in [2.05, 4.69) is 55.7 Å². The molecule has 0 aliphatic rings. The molecular formula is C15H27IN2. The summed E-state index contributed by atoms with van der Waals surface area (Å²) in [6, 6.07) is 4.37. The Morgan fingerprint density at radius 2 is 1.83 bits per heavy atom. The average molecular weight is 362 g/mol. The molecule has 0 aliphatic carbocycles. The molecule has 1 aromatic rings. The van der Waals surface area contributed by atoms with Crippen molar-refractivity contribution in [1.29, 1.82) is 0 Å². The van der Waals surface area contributed by atoms with Gasteiger partial charge in [-0.2, -0.15) is 0 Å². The molecule has 0 aliphatic heterocycles. The van der Waals surface area contributed by atoms with Gasteiger partial charge in [-0.05, 0) is 12.5 Å². The third-order valence-corrected chi connectivity index (χ3v) is 3.23. The fraction of sp³-hybridized carbons (Fsp3) is 0.667. The second-order valence-corrected chi connectivity index (χ2v) is 4.84. The Labute approximate surface area is 129 Å². The smallest absolute Gasteiger partial charge is 0.204 e. The van der Waals surface area contributed by atoms with E-state index in [-0.39, 0.29) is 24.0 Å². The molecule has 1 rings (SSSR count). The molecule has 0 spiro atoms. The summed E-state index contributed by atoms with van der Waals surface area (Å²) in [5, 5.41) is 0. The van der Waals surface area contributed by atoms with E-state index in [4.69, 9.17) is 0 Å². The lowest BCUT2D eigenvalue weighted by Crippen LogP contribution is -3.00. The molecule has 0 fully saturated rings. The molecule has 104 valence electrons. The number of anilines is 1. The van der Waals surface area contributed by atoms with Crippen molar-refractivity contribution in [1.82, 2.24) is 0 Å². The van der Waals surface area contributed by atoms with Crippen LogP contribution in [0.2, 0.25) is 0 Å². The van der Waals surface area contributed by atoms with E-state index in [0.717, 1.165) is 13.0 Å². The highest BCUT2D eigenvalue weighted by atomic mass is 127. The van der Waals surface area contributed by atoms with Gasteiger partial charge >= 0.3 is 0 Å². The number of halogens is 1. The molecule has 0 aromatic carbocycles. The van der Waals surface area contributed by atoms with E-state index in [1.165, 1.54) is 37.1 Å². The van der Waals surface area contributed by atoms with Crippen molar-refractivity contribution in [2.45, 2.75) is 52.5 Å².